The molecule has 0 spiro atoms. The molecule has 2 aromatic carbocycles. The first-order valence-electron chi connectivity index (χ1n) is 6.00. The van der Waals surface area contributed by atoms with Gasteiger partial charge in [0.25, 0.3) is 0 Å². The van der Waals surface area contributed by atoms with Crippen molar-refractivity contribution in [3.05, 3.63) is 80.4 Å². The fraction of sp³-hybridized carbons (Fsp3) is 0.200. The molecule has 3 nitrogen and oxygen atoms in total. The van der Waals surface area contributed by atoms with E-state index in [1.54, 1.807) is 12.1 Å². The Morgan fingerprint density at radius 2 is 1.53 bits per heavy atom. The van der Waals surface area contributed by atoms with Crippen LogP contribution in [0.3, 0.4) is 0 Å². The van der Waals surface area contributed by atoms with Gasteiger partial charge < -0.3 is 0 Å². The van der Waals surface area contributed by atoms with Gasteiger partial charge in [0.05, 0.1) is 5.92 Å². The Kier molecular flexibility index (Phi) is 4.17. The molecule has 0 N–H and O–H groups in total. The zero-order valence-corrected chi connectivity index (χ0v) is 11.3. The van der Waals surface area contributed by atoms with Crippen LogP contribution in [0.5, 0.6) is 0 Å². The van der Waals surface area contributed by atoms with E-state index in [-0.39, 0.29) is 17.4 Å². The second-order valence-electron chi connectivity index (χ2n) is 4.53. The molecule has 0 saturated heterocycles. The SMILES string of the molecule is Cc1ccc(C(C[N+](=O)[O-])c2ccc(Cl)cc2)cc1. The molecule has 0 heterocycles. The molecule has 0 aliphatic rings. The van der Waals surface area contributed by atoms with Crippen molar-refractivity contribution in [3.8, 4) is 0 Å². The molecule has 0 fully saturated rings. The minimum atomic E-state index is -0.279. The summed E-state index contributed by atoms with van der Waals surface area (Å²) in [6.45, 7) is 1.87. The van der Waals surface area contributed by atoms with E-state index < -0.39 is 0 Å². The van der Waals surface area contributed by atoms with E-state index in [2.05, 4.69) is 0 Å². The van der Waals surface area contributed by atoms with Gasteiger partial charge in [-0.3, -0.25) is 10.1 Å². The van der Waals surface area contributed by atoms with E-state index in [0.717, 1.165) is 16.7 Å². The first kappa shape index (κ1) is 13.6. The van der Waals surface area contributed by atoms with Crippen LogP contribution in [0.4, 0.5) is 0 Å². The smallest absolute Gasteiger partial charge is 0.214 e. The minimum absolute atomic E-state index is 0.120. The fourth-order valence-corrected chi connectivity index (χ4v) is 2.17. The molecule has 0 saturated carbocycles. The van der Waals surface area contributed by atoms with Crippen LogP contribution in [0.1, 0.15) is 22.6 Å². The van der Waals surface area contributed by atoms with Crippen molar-refractivity contribution in [1.82, 2.24) is 0 Å². The van der Waals surface area contributed by atoms with E-state index in [4.69, 9.17) is 11.6 Å². The molecular formula is C15H14ClNO2. The van der Waals surface area contributed by atoms with E-state index in [1.807, 2.05) is 43.3 Å². The van der Waals surface area contributed by atoms with Crippen molar-refractivity contribution in [1.29, 1.82) is 0 Å². The van der Waals surface area contributed by atoms with Gasteiger partial charge in [-0.15, -0.1) is 0 Å². The van der Waals surface area contributed by atoms with Gasteiger partial charge in [0.15, 0.2) is 0 Å². The topological polar surface area (TPSA) is 43.1 Å². The lowest BCUT2D eigenvalue weighted by molar-refractivity contribution is -0.481. The molecule has 0 aliphatic heterocycles. The van der Waals surface area contributed by atoms with Crippen molar-refractivity contribution in [3.63, 3.8) is 0 Å². The van der Waals surface area contributed by atoms with Crippen molar-refractivity contribution >= 4 is 11.6 Å². The number of hydrogen-bond acceptors (Lipinski definition) is 2. The quantitative estimate of drug-likeness (QED) is 0.624. The van der Waals surface area contributed by atoms with E-state index in [0.29, 0.717) is 5.02 Å². The summed E-state index contributed by atoms with van der Waals surface area (Å²) in [6.07, 6.45) is 0. The monoisotopic (exact) mass is 275 g/mol. The Morgan fingerprint density at radius 3 is 2.00 bits per heavy atom. The van der Waals surface area contributed by atoms with Crippen LogP contribution < -0.4 is 0 Å². The Hall–Kier alpha value is -1.87. The molecule has 0 radical (unpaired) electrons. The van der Waals surface area contributed by atoms with Crippen LogP contribution in [-0.4, -0.2) is 11.5 Å². The van der Waals surface area contributed by atoms with Gasteiger partial charge in [-0.2, -0.15) is 0 Å². The number of nitrogens with zero attached hydrogens (tertiary/aromatic N) is 1. The largest absolute Gasteiger partial charge is 0.265 e. The van der Waals surface area contributed by atoms with Crippen molar-refractivity contribution in [2.75, 3.05) is 6.54 Å². The summed E-state index contributed by atoms with van der Waals surface area (Å²) in [5, 5.41) is 11.5. The lowest BCUT2D eigenvalue weighted by atomic mass is 9.91. The van der Waals surface area contributed by atoms with Crippen molar-refractivity contribution < 1.29 is 4.92 Å². The van der Waals surface area contributed by atoms with E-state index >= 15 is 0 Å². The summed E-state index contributed by atoms with van der Waals surface area (Å²) in [4.78, 5) is 10.6. The second-order valence-corrected chi connectivity index (χ2v) is 4.97. The molecule has 4 heteroatoms. The maximum absolute atomic E-state index is 10.9. The summed E-state index contributed by atoms with van der Waals surface area (Å²) in [6, 6.07) is 15.0. The van der Waals surface area contributed by atoms with E-state index in [1.165, 1.54) is 0 Å². The first-order chi connectivity index (χ1) is 9.06. The van der Waals surface area contributed by atoms with Gasteiger partial charge in [-0.1, -0.05) is 53.6 Å². The number of benzene rings is 2. The third-order valence-electron chi connectivity index (χ3n) is 3.08. The van der Waals surface area contributed by atoms with Crippen LogP contribution in [0, 0.1) is 17.0 Å². The lowest BCUT2D eigenvalue weighted by Gasteiger charge is -2.14. The number of hydrogen-bond donors (Lipinski definition) is 0. The van der Waals surface area contributed by atoms with Gasteiger partial charge >= 0.3 is 0 Å². The van der Waals surface area contributed by atoms with Crippen LogP contribution in [-0.2, 0) is 0 Å². The number of nitro groups is 1. The zero-order valence-electron chi connectivity index (χ0n) is 10.5. The molecule has 2 rings (SSSR count). The maximum Gasteiger partial charge on any atom is 0.214 e. The van der Waals surface area contributed by atoms with Crippen LogP contribution >= 0.6 is 11.6 Å². The molecule has 0 bridgehead atoms. The predicted octanol–water partition coefficient (Wildman–Crippen LogP) is 4.06. The third kappa shape index (κ3) is 3.55. The number of halogens is 1. The standard InChI is InChI=1S/C15H14ClNO2/c1-11-2-4-12(5-3-11)15(10-17(18)19)13-6-8-14(16)9-7-13/h2-9,15H,10H2,1H3. The molecule has 98 valence electrons. The van der Waals surface area contributed by atoms with Gasteiger partial charge in [0.1, 0.15) is 0 Å². The molecule has 0 amide bonds. The zero-order chi connectivity index (χ0) is 13.8. The van der Waals surface area contributed by atoms with E-state index in [9.17, 15) is 10.1 Å². The average Bonchev–Trinajstić information content (AvgIpc) is 2.38. The lowest BCUT2D eigenvalue weighted by Crippen LogP contribution is -2.13. The molecular weight excluding hydrogens is 262 g/mol. The Labute approximate surface area is 117 Å². The first-order valence-corrected chi connectivity index (χ1v) is 6.38. The highest BCUT2D eigenvalue weighted by molar-refractivity contribution is 6.30. The molecule has 19 heavy (non-hydrogen) atoms. The summed E-state index contributed by atoms with van der Waals surface area (Å²) in [7, 11) is 0. The van der Waals surface area contributed by atoms with Crippen LogP contribution in [0.2, 0.25) is 5.02 Å². The van der Waals surface area contributed by atoms with Crippen molar-refractivity contribution in [2.45, 2.75) is 12.8 Å². The average molecular weight is 276 g/mol. The maximum atomic E-state index is 10.9. The number of aryl methyl sites for hydroxylation is 1. The fourth-order valence-electron chi connectivity index (χ4n) is 2.05. The Morgan fingerprint density at radius 1 is 1.05 bits per heavy atom. The minimum Gasteiger partial charge on any atom is -0.265 e. The molecule has 1 atom stereocenters. The normalized spacial score (nSPS) is 12.1. The second kappa shape index (κ2) is 5.85. The highest BCUT2D eigenvalue weighted by Gasteiger charge is 2.19. The molecule has 0 aromatic heterocycles. The van der Waals surface area contributed by atoms with Gasteiger partial charge in [-0.05, 0) is 30.2 Å². The van der Waals surface area contributed by atoms with Crippen LogP contribution in [0.25, 0.3) is 0 Å². The van der Waals surface area contributed by atoms with Gasteiger partial charge in [0, 0.05) is 9.95 Å². The van der Waals surface area contributed by atoms with Crippen molar-refractivity contribution in [2.24, 2.45) is 0 Å². The predicted molar refractivity (Wildman–Crippen MR) is 76.3 cm³/mol. The summed E-state index contributed by atoms with van der Waals surface area (Å²) >= 11 is 5.86. The molecule has 1 unspecified atom stereocenters. The number of rotatable bonds is 4. The Bertz CT molecular complexity index is 518. The highest BCUT2D eigenvalue weighted by Crippen LogP contribution is 2.26. The Balaban J connectivity index is 2.37. The molecule has 2 aromatic rings. The summed E-state index contributed by atoms with van der Waals surface area (Å²) < 4.78 is 0. The van der Waals surface area contributed by atoms with Gasteiger partial charge in [0.2, 0.25) is 6.54 Å². The third-order valence-corrected chi connectivity index (χ3v) is 3.34. The van der Waals surface area contributed by atoms with Crippen LogP contribution in [0.15, 0.2) is 48.5 Å². The molecule has 0 aliphatic carbocycles. The summed E-state index contributed by atoms with van der Waals surface area (Å²) in [5.74, 6) is -0.243. The van der Waals surface area contributed by atoms with Gasteiger partial charge in [-0.25, -0.2) is 0 Å². The summed E-state index contributed by atoms with van der Waals surface area (Å²) in [5.41, 5.74) is 2.99. The highest BCUT2D eigenvalue weighted by atomic mass is 35.5.